The molecule has 160 valence electrons. The minimum Gasteiger partial charge on any atom is -0.467 e. The minimum absolute atomic E-state index is 0.0552. The average Bonchev–Trinajstić information content (AvgIpc) is 3.63. The molecule has 1 aliphatic heterocycles. The molecule has 0 amide bonds. The lowest BCUT2D eigenvalue weighted by molar-refractivity contribution is 0.110. The Morgan fingerprint density at radius 2 is 2.00 bits per heavy atom. The molecular formula is C24H31ClN4O. The maximum atomic E-state index is 6.30. The lowest BCUT2D eigenvalue weighted by Crippen LogP contribution is -2.47. The number of halogens is 1. The highest BCUT2D eigenvalue weighted by Crippen LogP contribution is 2.44. The van der Waals surface area contributed by atoms with E-state index in [1.54, 1.807) is 7.11 Å². The Morgan fingerprint density at radius 1 is 1.20 bits per heavy atom. The number of ether oxygens (including phenoxy) is 1. The first-order valence-electron chi connectivity index (χ1n) is 11.3. The number of fused-ring (bicyclic) bond motifs is 1. The Hall–Kier alpha value is -1.69. The molecule has 3 aliphatic rings. The van der Waals surface area contributed by atoms with Crippen LogP contribution in [-0.2, 0) is 18.4 Å². The van der Waals surface area contributed by atoms with Crippen LogP contribution >= 0.6 is 11.6 Å². The molecule has 1 aromatic heterocycles. The van der Waals surface area contributed by atoms with Crippen LogP contribution in [0, 0.1) is 0 Å². The Morgan fingerprint density at radius 3 is 2.67 bits per heavy atom. The summed E-state index contributed by atoms with van der Waals surface area (Å²) in [7, 11) is 1.67. The fourth-order valence-corrected chi connectivity index (χ4v) is 5.69. The summed E-state index contributed by atoms with van der Waals surface area (Å²) >= 11 is 6.27. The summed E-state index contributed by atoms with van der Waals surface area (Å²) in [5.41, 5.74) is 11.5. The van der Waals surface area contributed by atoms with Crippen molar-refractivity contribution in [1.82, 2.24) is 14.9 Å². The smallest absolute Gasteiger partial charge is 0.316 e. The first-order valence-corrected chi connectivity index (χ1v) is 11.6. The summed E-state index contributed by atoms with van der Waals surface area (Å²) in [6.45, 7) is 2.68. The summed E-state index contributed by atoms with van der Waals surface area (Å²) in [4.78, 5) is 12.1. The van der Waals surface area contributed by atoms with Crippen molar-refractivity contribution in [1.29, 1.82) is 0 Å². The van der Waals surface area contributed by atoms with Crippen LogP contribution in [0.5, 0.6) is 6.01 Å². The topological polar surface area (TPSA) is 64.3 Å². The van der Waals surface area contributed by atoms with E-state index in [0.717, 1.165) is 50.2 Å². The standard InChI is InChI=1S/C24H31ClN4O/c1-30-23-27-21-14-29(12-9-20(21)22(28-23)16-5-6-16)19-7-10-24(15-26,11-8-19)17-3-2-4-18(25)13-17/h2-4,13,16,19H,5-12,14-15,26H2,1H3/t19-,24-. The van der Waals surface area contributed by atoms with E-state index in [0.29, 0.717) is 24.5 Å². The number of aromatic nitrogens is 2. The summed E-state index contributed by atoms with van der Waals surface area (Å²) < 4.78 is 5.41. The second-order valence-electron chi connectivity index (χ2n) is 9.24. The molecule has 1 aromatic carbocycles. The van der Waals surface area contributed by atoms with Crippen LogP contribution in [0.2, 0.25) is 5.02 Å². The molecule has 2 N–H and O–H groups in total. The third kappa shape index (κ3) is 3.72. The molecule has 0 spiro atoms. The third-order valence-electron chi connectivity index (χ3n) is 7.51. The van der Waals surface area contributed by atoms with E-state index >= 15 is 0 Å². The largest absolute Gasteiger partial charge is 0.467 e. The summed E-state index contributed by atoms with van der Waals surface area (Å²) in [5, 5.41) is 0.801. The lowest BCUT2D eigenvalue weighted by atomic mass is 9.68. The van der Waals surface area contributed by atoms with E-state index in [2.05, 4.69) is 17.0 Å². The average molecular weight is 427 g/mol. The van der Waals surface area contributed by atoms with E-state index in [9.17, 15) is 0 Å². The summed E-state index contributed by atoms with van der Waals surface area (Å²) in [5.74, 6) is 0.625. The van der Waals surface area contributed by atoms with Crippen molar-refractivity contribution in [2.24, 2.45) is 5.73 Å². The van der Waals surface area contributed by atoms with E-state index in [-0.39, 0.29) is 5.41 Å². The second-order valence-corrected chi connectivity index (χ2v) is 9.68. The number of rotatable bonds is 5. The number of nitrogens with two attached hydrogens (primary N) is 1. The third-order valence-corrected chi connectivity index (χ3v) is 7.74. The maximum absolute atomic E-state index is 6.30. The highest BCUT2D eigenvalue weighted by Gasteiger charge is 2.39. The van der Waals surface area contributed by atoms with E-state index < -0.39 is 0 Å². The molecule has 0 unspecified atom stereocenters. The van der Waals surface area contributed by atoms with Crippen LogP contribution in [-0.4, -0.2) is 41.1 Å². The Labute approximate surface area is 184 Å². The highest BCUT2D eigenvalue weighted by molar-refractivity contribution is 6.30. The van der Waals surface area contributed by atoms with Gasteiger partial charge in [-0.1, -0.05) is 23.7 Å². The molecule has 2 saturated carbocycles. The van der Waals surface area contributed by atoms with Crippen LogP contribution in [0.4, 0.5) is 0 Å². The van der Waals surface area contributed by atoms with Gasteiger partial charge in [-0.25, -0.2) is 0 Å². The monoisotopic (exact) mass is 426 g/mol. The van der Waals surface area contributed by atoms with Crippen molar-refractivity contribution in [2.45, 2.75) is 68.9 Å². The first kappa shape index (κ1) is 20.2. The molecule has 30 heavy (non-hydrogen) atoms. The molecule has 2 aromatic rings. The Balaban J connectivity index is 1.31. The normalized spacial score (nSPS) is 27.0. The molecule has 0 bridgehead atoms. The predicted octanol–water partition coefficient (Wildman–Crippen LogP) is 4.21. The van der Waals surface area contributed by atoms with Gasteiger partial charge < -0.3 is 10.5 Å². The number of benzene rings is 1. The van der Waals surface area contributed by atoms with Crippen LogP contribution in [0.1, 0.15) is 67.0 Å². The fourth-order valence-electron chi connectivity index (χ4n) is 5.50. The van der Waals surface area contributed by atoms with Gasteiger partial charge in [-0.2, -0.15) is 9.97 Å². The van der Waals surface area contributed by atoms with E-state index in [1.807, 2.05) is 12.1 Å². The van der Waals surface area contributed by atoms with Crippen LogP contribution in [0.3, 0.4) is 0 Å². The molecule has 2 aliphatic carbocycles. The Kier molecular flexibility index (Phi) is 5.46. The molecular weight excluding hydrogens is 396 g/mol. The van der Waals surface area contributed by atoms with Gasteiger partial charge in [0.05, 0.1) is 18.5 Å². The minimum atomic E-state index is 0.0552. The van der Waals surface area contributed by atoms with Crippen LogP contribution in [0.15, 0.2) is 24.3 Å². The molecule has 0 atom stereocenters. The van der Waals surface area contributed by atoms with Gasteiger partial charge in [0.1, 0.15) is 0 Å². The SMILES string of the molecule is COc1nc2c(c(C3CC3)n1)CCN([C@H]1CC[C@](CN)(c3cccc(Cl)c3)CC1)C2. The fraction of sp³-hybridized carbons (Fsp3) is 0.583. The van der Waals surface area contributed by atoms with Gasteiger partial charge in [-0.3, -0.25) is 4.90 Å². The van der Waals surface area contributed by atoms with E-state index in [4.69, 9.17) is 32.0 Å². The molecule has 6 heteroatoms. The zero-order valence-electron chi connectivity index (χ0n) is 17.7. The van der Waals surface area contributed by atoms with Crippen LogP contribution < -0.4 is 10.5 Å². The molecule has 0 radical (unpaired) electrons. The number of nitrogens with zero attached hydrogens (tertiary/aromatic N) is 3. The number of hydrogen-bond acceptors (Lipinski definition) is 5. The lowest BCUT2D eigenvalue weighted by Gasteiger charge is -2.44. The van der Waals surface area contributed by atoms with Gasteiger partial charge in [0.2, 0.25) is 0 Å². The second kappa shape index (κ2) is 8.10. The highest BCUT2D eigenvalue weighted by atomic mass is 35.5. The van der Waals surface area contributed by atoms with Crippen molar-refractivity contribution >= 4 is 11.6 Å². The van der Waals surface area contributed by atoms with Gasteiger partial charge in [0.25, 0.3) is 0 Å². The summed E-state index contributed by atoms with van der Waals surface area (Å²) in [6, 6.07) is 9.41. The molecule has 5 rings (SSSR count). The van der Waals surface area contributed by atoms with Gasteiger partial charge in [-0.05, 0) is 68.2 Å². The van der Waals surface area contributed by atoms with Crippen molar-refractivity contribution in [2.75, 3.05) is 20.2 Å². The van der Waals surface area contributed by atoms with Crippen molar-refractivity contribution in [3.05, 3.63) is 51.8 Å². The van der Waals surface area contributed by atoms with E-state index in [1.165, 1.54) is 35.4 Å². The zero-order valence-corrected chi connectivity index (χ0v) is 18.5. The molecule has 5 nitrogen and oxygen atoms in total. The number of hydrogen-bond donors (Lipinski definition) is 1. The maximum Gasteiger partial charge on any atom is 0.316 e. The molecule has 2 fully saturated rings. The van der Waals surface area contributed by atoms with Gasteiger partial charge in [0, 0.05) is 42.0 Å². The van der Waals surface area contributed by atoms with Crippen molar-refractivity contribution in [3.8, 4) is 6.01 Å². The van der Waals surface area contributed by atoms with Crippen LogP contribution in [0.25, 0.3) is 0 Å². The van der Waals surface area contributed by atoms with Gasteiger partial charge >= 0.3 is 6.01 Å². The molecule has 0 saturated heterocycles. The summed E-state index contributed by atoms with van der Waals surface area (Å²) in [6.07, 6.45) is 8.11. The predicted molar refractivity (Wildman–Crippen MR) is 119 cm³/mol. The first-order chi connectivity index (χ1) is 14.6. The zero-order chi connectivity index (χ0) is 20.7. The van der Waals surface area contributed by atoms with Gasteiger partial charge in [0.15, 0.2) is 0 Å². The van der Waals surface area contributed by atoms with Crippen molar-refractivity contribution in [3.63, 3.8) is 0 Å². The molecule has 2 heterocycles. The Bertz CT molecular complexity index is 921. The number of methoxy groups -OCH3 is 1. The van der Waals surface area contributed by atoms with Crippen molar-refractivity contribution < 1.29 is 4.74 Å². The van der Waals surface area contributed by atoms with Gasteiger partial charge in [-0.15, -0.1) is 0 Å². The quantitative estimate of drug-likeness (QED) is 0.775.